The minimum Gasteiger partial charge on any atom is -0.312 e. The number of hydrogen-bond acceptors (Lipinski definition) is 5. The topological polar surface area (TPSA) is 75.2 Å². The van der Waals surface area contributed by atoms with Crippen LogP contribution in [0.1, 0.15) is 24.8 Å². The molecule has 2 heterocycles. The van der Waals surface area contributed by atoms with Crippen LogP contribution in [0, 0.1) is 11.7 Å². The zero-order valence-corrected chi connectivity index (χ0v) is 14.0. The lowest BCUT2D eigenvalue weighted by atomic mass is 10.1. The Labute approximate surface area is 142 Å². The Kier molecular flexibility index (Phi) is 4.84. The Morgan fingerprint density at radius 1 is 1.38 bits per heavy atom. The molecule has 6 nitrogen and oxygen atoms in total. The van der Waals surface area contributed by atoms with Crippen molar-refractivity contribution in [3.05, 3.63) is 35.1 Å². The van der Waals surface area contributed by atoms with E-state index in [1.54, 1.807) is 0 Å². The van der Waals surface area contributed by atoms with Crippen LogP contribution in [0.4, 0.5) is 15.2 Å². The van der Waals surface area contributed by atoms with Crippen molar-refractivity contribution in [3.8, 4) is 0 Å². The molecule has 1 saturated heterocycles. The molecule has 2 amide bonds. The third kappa shape index (κ3) is 3.59. The van der Waals surface area contributed by atoms with Crippen LogP contribution in [0.5, 0.6) is 0 Å². The summed E-state index contributed by atoms with van der Waals surface area (Å²) >= 11 is 1.35. The van der Waals surface area contributed by atoms with E-state index in [0.717, 1.165) is 17.8 Å². The van der Waals surface area contributed by atoms with Crippen LogP contribution in [0.3, 0.4) is 0 Å². The first kappa shape index (κ1) is 16.5. The molecule has 1 aromatic heterocycles. The summed E-state index contributed by atoms with van der Waals surface area (Å²) in [6.07, 6.45) is 1.92. The Bertz CT molecular complexity index is 747. The molecule has 1 aliphatic rings. The average Bonchev–Trinajstić information content (AvgIpc) is 3.15. The molecule has 1 atom stereocenters. The standard InChI is InChI=1S/C16H17FN4O2S/c1-2-3-13-19-20-16(24-13)18-15(23)10-8-14(22)21(9-10)12-6-4-11(17)5-7-12/h4-7,10H,2-3,8-9H2,1H3,(H,18,20,23). The zero-order valence-electron chi connectivity index (χ0n) is 13.2. The summed E-state index contributed by atoms with van der Waals surface area (Å²) in [5, 5.41) is 12.0. The number of benzene rings is 1. The maximum Gasteiger partial charge on any atom is 0.231 e. The fraction of sp³-hybridized carbons (Fsp3) is 0.375. The Morgan fingerprint density at radius 2 is 2.12 bits per heavy atom. The molecule has 3 rings (SSSR count). The predicted molar refractivity (Wildman–Crippen MR) is 89.4 cm³/mol. The van der Waals surface area contributed by atoms with Gasteiger partial charge in [-0.25, -0.2) is 4.39 Å². The number of nitrogens with one attached hydrogen (secondary N) is 1. The zero-order chi connectivity index (χ0) is 17.1. The number of halogens is 1. The Hall–Kier alpha value is -2.35. The number of hydrogen-bond donors (Lipinski definition) is 1. The number of amides is 2. The van der Waals surface area contributed by atoms with Crippen LogP contribution < -0.4 is 10.2 Å². The van der Waals surface area contributed by atoms with Gasteiger partial charge in [-0.15, -0.1) is 10.2 Å². The van der Waals surface area contributed by atoms with E-state index in [-0.39, 0.29) is 30.6 Å². The highest BCUT2D eigenvalue weighted by Crippen LogP contribution is 2.26. The third-order valence-electron chi connectivity index (χ3n) is 3.79. The van der Waals surface area contributed by atoms with E-state index < -0.39 is 5.92 Å². The van der Waals surface area contributed by atoms with Gasteiger partial charge in [-0.3, -0.25) is 9.59 Å². The molecule has 0 bridgehead atoms. The quantitative estimate of drug-likeness (QED) is 0.901. The first-order valence-corrected chi connectivity index (χ1v) is 8.57. The second-order valence-corrected chi connectivity index (χ2v) is 6.68. The number of aryl methyl sites for hydroxylation is 1. The molecular formula is C16H17FN4O2S. The summed E-state index contributed by atoms with van der Waals surface area (Å²) in [4.78, 5) is 26.0. The highest BCUT2D eigenvalue weighted by molar-refractivity contribution is 7.15. The maximum absolute atomic E-state index is 13.0. The number of carbonyl (C=O) groups excluding carboxylic acids is 2. The van der Waals surface area contributed by atoms with Crippen molar-refractivity contribution in [2.75, 3.05) is 16.8 Å². The summed E-state index contributed by atoms with van der Waals surface area (Å²) in [7, 11) is 0. The summed E-state index contributed by atoms with van der Waals surface area (Å²) in [5.41, 5.74) is 0.595. The summed E-state index contributed by atoms with van der Waals surface area (Å²) in [6, 6.07) is 5.67. The van der Waals surface area contributed by atoms with Gasteiger partial charge < -0.3 is 10.2 Å². The van der Waals surface area contributed by atoms with E-state index in [1.165, 1.54) is 40.5 Å². The van der Waals surface area contributed by atoms with Crippen molar-refractivity contribution in [1.29, 1.82) is 0 Å². The smallest absolute Gasteiger partial charge is 0.231 e. The van der Waals surface area contributed by atoms with Crippen LogP contribution in [0.25, 0.3) is 0 Å². The normalized spacial score (nSPS) is 17.3. The fourth-order valence-corrected chi connectivity index (χ4v) is 3.42. The largest absolute Gasteiger partial charge is 0.312 e. The molecule has 2 aromatic rings. The Balaban J connectivity index is 1.64. The van der Waals surface area contributed by atoms with Crippen LogP contribution in [0.2, 0.25) is 0 Å². The van der Waals surface area contributed by atoms with Crippen molar-refractivity contribution in [2.24, 2.45) is 5.92 Å². The Morgan fingerprint density at radius 3 is 2.83 bits per heavy atom. The SMILES string of the molecule is CCCc1nnc(NC(=O)C2CC(=O)N(c3ccc(F)cc3)C2)s1. The van der Waals surface area contributed by atoms with E-state index in [1.807, 2.05) is 6.92 Å². The highest BCUT2D eigenvalue weighted by atomic mass is 32.1. The molecule has 1 aliphatic heterocycles. The highest BCUT2D eigenvalue weighted by Gasteiger charge is 2.35. The van der Waals surface area contributed by atoms with Crippen molar-refractivity contribution in [3.63, 3.8) is 0 Å². The van der Waals surface area contributed by atoms with Crippen molar-refractivity contribution < 1.29 is 14.0 Å². The van der Waals surface area contributed by atoms with Gasteiger partial charge in [-0.2, -0.15) is 0 Å². The molecule has 126 valence electrons. The molecule has 0 radical (unpaired) electrons. The molecule has 24 heavy (non-hydrogen) atoms. The number of aromatic nitrogens is 2. The monoisotopic (exact) mass is 348 g/mol. The van der Waals surface area contributed by atoms with Gasteiger partial charge >= 0.3 is 0 Å². The van der Waals surface area contributed by atoms with Crippen LogP contribution in [0.15, 0.2) is 24.3 Å². The summed E-state index contributed by atoms with van der Waals surface area (Å²) in [6.45, 7) is 2.32. The van der Waals surface area contributed by atoms with Gasteiger partial charge in [0.2, 0.25) is 16.9 Å². The minimum absolute atomic E-state index is 0.129. The van der Waals surface area contributed by atoms with Crippen LogP contribution >= 0.6 is 11.3 Å². The van der Waals surface area contributed by atoms with Gasteiger partial charge in [0.25, 0.3) is 0 Å². The predicted octanol–water partition coefficient (Wildman–Crippen LogP) is 2.62. The van der Waals surface area contributed by atoms with Crippen molar-refractivity contribution >= 4 is 34.0 Å². The number of anilines is 2. The molecule has 0 saturated carbocycles. The molecule has 1 N–H and O–H groups in total. The second kappa shape index (κ2) is 7.04. The lowest BCUT2D eigenvalue weighted by Crippen LogP contribution is -2.28. The summed E-state index contributed by atoms with van der Waals surface area (Å²) in [5.74, 6) is -1.21. The van der Waals surface area contributed by atoms with E-state index in [0.29, 0.717) is 10.8 Å². The maximum atomic E-state index is 13.0. The molecular weight excluding hydrogens is 331 g/mol. The molecule has 1 unspecified atom stereocenters. The third-order valence-corrected chi connectivity index (χ3v) is 4.69. The van der Waals surface area contributed by atoms with Gasteiger partial charge in [0, 0.05) is 25.1 Å². The number of rotatable bonds is 5. The van der Waals surface area contributed by atoms with Gasteiger partial charge in [0.15, 0.2) is 0 Å². The van der Waals surface area contributed by atoms with Gasteiger partial charge in [0.05, 0.1) is 5.92 Å². The van der Waals surface area contributed by atoms with E-state index in [4.69, 9.17) is 0 Å². The lowest BCUT2D eigenvalue weighted by molar-refractivity contribution is -0.122. The number of nitrogens with zero attached hydrogens (tertiary/aromatic N) is 3. The molecule has 0 spiro atoms. The van der Waals surface area contributed by atoms with Crippen molar-refractivity contribution in [1.82, 2.24) is 10.2 Å². The van der Waals surface area contributed by atoms with E-state index in [2.05, 4.69) is 15.5 Å². The first-order valence-electron chi connectivity index (χ1n) is 7.76. The van der Waals surface area contributed by atoms with Gasteiger partial charge in [0.1, 0.15) is 10.8 Å². The fourth-order valence-electron chi connectivity index (χ4n) is 2.58. The van der Waals surface area contributed by atoms with Gasteiger partial charge in [-0.1, -0.05) is 18.3 Å². The molecule has 8 heteroatoms. The second-order valence-electron chi connectivity index (χ2n) is 5.62. The number of carbonyl (C=O) groups is 2. The average molecular weight is 348 g/mol. The van der Waals surface area contributed by atoms with Gasteiger partial charge in [-0.05, 0) is 30.7 Å². The molecule has 1 fully saturated rings. The first-order chi connectivity index (χ1) is 11.6. The minimum atomic E-state index is -0.457. The van der Waals surface area contributed by atoms with E-state index in [9.17, 15) is 14.0 Å². The van der Waals surface area contributed by atoms with E-state index >= 15 is 0 Å². The van der Waals surface area contributed by atoms with Crippen molar-refractivity contribution in [2.45, 2.75) is 26.2 Å². The lowest BCUT2D eigenvalue weighted by Gasteiger charge is -2.16. The molecule has 1 aromatic carbocycles. The van der Waals surface area contributed by atoms with Crippen LogP contribution in [-0.4, -0.2) is 28.6 Å². The van der Waals surface area contributed by atoms with Crippen LogP contribution in [-0.2, 0) is 16.0 Å². The molecule has 0 aliphatic carbocycles. The summed E-state index contributed by atoms with van der Waals surface area (Å²) < 4.78 is 13.0.